The van der Waals surface area contributed by atoms with Gasteiger partial charge in [0.15, 0.2) is 0 Å². The number of hydrogen-bond donors (Lipinski definition) is 2. The summed E-state index contributed by atoms with van der Waals surface area (Å²) in [6.45, 7) is 0. The molecule has 1 aromatic carbocycles. The highest BCUT2D eigenvalue weighted by Crippen LogP contribution is 2.33. The Bertz CT molecular complexity index is 683. The van der Waals surface area contributed by atoms with E-state index in [0.717, 1.165) is 8.26 Å². The molecule has 20 heavy (non-hydrogen) atoms. The maximum absolute atomic E-state index is 12.1. The van der Waals surface area contributed by atoms with Gasteiger partial charge in [0, 0.05) is 4.47 Å². The van der Waals surface area contributed by atoms with E-state index in [9.17, 15) is 9.59 Å². The van der Waals surface area contributed by atoms with E-state index < -0.39 is 11.9 Å². The number of para-hydroxylation sites is 1. The van der Waals surface area contributed by atoms with Crippen molar-refractivity contribution in [3.05, 3.63) is 48.0 Å². The third kappa shape index (κ3) is 3.22. The summed E-state index contributed by atoms with van der Waals surface area (Å²) in [5.41, 5.74) is 0.0350. The molecule has 104 valence electrons. The molecule has 0 bridgehead atoms. The number of amides is 1. The highest BCUT2D eigenvalue weighted by atomic mass is 79.9. The lowest BCUT2D eigenvalue weighted by molar-refractivity contribution is 0.0698. The van der Waals surface area contributed by atoms with Crippen molar-refractivity contribution in [3.8, 4) is 0 Å². The van der Waals surface area contributed by atoms with E-state index in [-0.39, 0.29) is 16.3 Å². The van der Waals surface area contributed by atoms with Crippen LogP contribution in [0.15, 0.2) is 32.5 Å². The molecule has 0 saturated heterocycles. The molecule has 1 amide bonds. The molecule has 0 atom stereocenters. The maximum Gasteiger partial charge on any atom is 0.337 e. The van der Waals surface area contributed by atoms with Gasteiger partial charge in [0.2, 0.25) is 0 Å². The van der Waals surface area contributed by atoms with E-state index >= 15 is 0 Å². The Morgan fingerprint density at radius 1 is 1.30 bits per heavy atom. The maximum atomic E-state index is 12.1. The minimum Gasteiger partial charge on any atom is -0.478 e. The van der Waals surface area contributed by atoms with Crippen LogP contribution in [0.3, 0.4) is 0 Å². The zero-order chi connectivity index (χ0) is 14.9. The Labute approximate surface area is 140 Å². The third-order valence-corrected chi connectivity index (χ3v) is 5.92. The second kappa shape index (κ2) is 6.26. The molecule has 0 radical (unpaired) electrons. The molecular weight excluding hydrogens is 433 g/mol. The van der Waals surface area contributed by atoms with Crippen LogP contribution in [-0.4, -0.2) is 17.0 Å². The highest BCUT2D eigenvalue weighted by molar-refractivity contribution is 9.13. The summed E-state index contributed by atoms with van der Waals surface area (Å²) >= 11 is 13.8. The first-order chi connectivity index (χ1) is 9.40. The summed E-state index contributed by atoms with van der Waals surface area (Å²) < 4.78 is 1.53. The smallest absolute Gasteiger partial charge is 0.337 e. The van der Waals surface area contributed by atoms with Crippen LogP contribution >= 0.6 is 54.8 Å². The van der Waals surface area contributed by atoms with Gasteiger partial charge in [-0.3, -0.25) is 4.79 Å². The molecule has 8 heteroatoms. The molecule has 4 nitrogen and oxygen atoms in total. The van der Waals surface area contributed by atoms with Crippen LogP contribution in [0.25, 0.3) is 0 Å². The van der Waals surface area contributed by atoms with Crippen LogP contribution < -0.4 is 5.32 Å². The predicted molar refractivity (Wildman–Crippen MR) is 86.1 cm³/mol. The molecule has 0 spiro atoms. The number of hydrogen-bond acceptors (Lipinski definition) is 3. The van der Waals surface area contributed by atoms with E-state index in [2.05, 4.69) is 37.2 Å². The Kier molecular flexibility index (Phi) is 4.85. The lowest BCUT2D eigenvalue weighted by Crippen LogP contribution is -2.14. The topological polar surface area (TPSA) is 66.4 Å². The Balaban J connectivity index is 2.35. The summed E-state index contributed by atoms with van der Waals surface area (Å²) in [6.07, 6.45) is 0. The number of anilines is 1. The molecule has 1 heterocycles. The van der Waals surface area contributed by atoms with Crippen molar-refractivity contribution >= 4 is 72.4 Å². The highest BCUT2D eigenvalue weighted by Gasteiger charge is 2.18. The number of benzene rings is 1. The quantitative estimate of drug-likeness (QED) is 0.717. The van der Waals surface area contributed by atoms with Crippen molar-refractivity contribution in [1.29, 1.82) is 0 Å². The fraction of sp³-hybridized carbons (Fsp3) is 0. The molecule has 0 saturated carbocycles. The zero-order valence-corrected chi connectivity index (χ0v) is 14.4. The molecule has 2 N–H and O–H groups in total. The lowest BCUT2D eigenvalue weighted by atomic mass is 10.1. The Morgan fingerprint density at radius 2 is 2.00 bits per heavy atom. The van der Waals surface area contributed by atoms with Gasteiger partial charge in [-0.05, 0) is 50.1 Å². The summed E-state index contributed by atoms with van der Waals surface area (Å²) in [7, 11) is 0. The van der Waals surface area contributed by atoms with E-state index in [1.54, 1.807) is 6.07 Å². The van der Waals surface area contributed by atoms with Crippen LogP contribution in [0.1, 0.15) is 20.0 Å². The van der Waals surface area contributed by atoms with Crippen LogP contribution in [0.5, 0.6) is 0 Å². The summed E-state index contributed by atoms with van der Waals surface area (Å²) in [5, 5.41) is 11.8. The summed E-state index contributed by atoms with van der Waals surface area (Å²) in [4.78, 5) is 23.7. The Hall–Kier alpha value is -0.890. The summed E-state index contributed by atoms with van der Waals surface area (Å²) in [5.74, 6) is -1.58. The van der Waals surface area contributed by atoms with Gasteiger partial charge < -0.3 is 10.4 Å². The number of thiophene rings is 1. The standard InChI is InChI=1S/C12H6Br2ClNO3S/c13-6-4-8(20-10(6)14)11(17)16-9-5(12(18)19)2-1-3-7(9)15/h1-4H,(H,16,17)(H,18,19). The fourth-order valence-electron chi connectivity index (χ4n) is 1.46. The minimum absolute atomic E-state index is 0.0551. The average molecular weight is 440 g/mol. The van der Waals surface area contributed by atoms with Crippen LogP contribution in [-0.2, 0) is 0 Å². The summed E-state index contributed by atoms with van der Waals surface area (Å²) in [6, 6.07) is 6.05. The molecule has 2 aromatic rings. The first kappa shape index (κ1) is 15.5. The first-order valence-corrected chi connectivity index (χ1v) is 7.96. The van der Waals surface area contributed by atoms with E-state index in [1.807, 2.05) is 0 Å². The Morgan fingerprint density at radius 3 is 2.55 bits per heavy atom. The van der Waals surface area contributed by atoms with Gasteiger partial charge in [0.05, 0.1) is 24.9 Å². The molecule has 0 aliphatic carbocycles. The van der Waals surface area contributed by atoms with Gasteiger partial charge in [-0.1, -0.05) is 17.7 Å². The van der Waals surface area contributed by atoms with Crippen molar-refractivity contribution in [3.63, 3.8) is 0 Å². The number of carbonyl (C=O) groups is 2. The number of rotatable bonds is 3. The molecule has 0 aliphatic rings. The largest absolute Gasteiger partial charge is 0.478 e. The first-order valence-electron chi connectivity index (χ1n) is 5.18. The van der Waals surface area contributed by atoms with Gasteiger partial charge in [0.1, 0.15) is 0 Å². The second-order valence-electron chi connectivity index (χ2n) is 3.65. The SMILES string of the molecule is O=C(Nc1c(Cl)cccc1C(=O)O)c1cc(Br)c(Br)s1. The number of carboxylic acid groups (broad SMARTS) is 1. The van der Waals surface area contributed by atoms with Gasteiger partial charge in [0.25, 0.3) is 5.91 Å². The van der Waals surface area contributed by atoms with E-state index in [4.69, 9.17) is 16.7 Å². The average Bonchev–Trinajstić information content (AvgIpc) is 2.72. The van der Waals surface area contributed by atoms with Gasteiger partial charge in [-0.25, -0.2) is 4.79 Å². The van der Waals surface area contributed by atoms with Crippen molar-refractivity contribution in [2.75, 3.05) is 5.32 Å². The predicted octanol–water partition coefficient (Wildman–Crippen LogP) is 4.88. The van der Waals surface area contributed by atoms with Crippen molar-refractivity contribution in [1.82, 2.24) is 0 Å². The second-order valence-corrected chi connectivity index (χ2v) is 7.29. The normalized spacial score (nSPS) is 10.3. The third-order valence-electron chi connectivity index (χ3n) is 2.35. The van der Waals surface area contributed by atoms with Crippen molar-refractivity contribution < 1.29 is 14.7 Å². The number of halogens is 3. The molecule has 0 aliphatic heterocycles. The van der Waals surface area contributed by atoms with Gasteiger partial charge in [-0.2, -0.15) is 0 Å². The van der Waals surface area contributed by atoms with Crippen molar-refractivity contribution in [2.24, 2.45) is 0 Å². The lowest BCUT2D eigenvalue weighted by Gasteiger charge is -2.09. The molecule has 2 rings (SSSR count). The van der Waals surface area contributed by atoms with E-state index in [1.165, 1.54) is 29.5 Å². The monoisotopic (exact) mass is 437 g/mol. The fourth-order valence-corrected chi connectivity index (χ4v) is 3.62. The number of nitrogens with one attached hydrogen (secondary N) is 1. The zero-order valence-electron chi connectivity index (χ0n) is 9.62. The number of carbonyl (C=O) groups excluding carboxylic acids is 1. The molecular formula is C12H6Br2ClNO3S. The molecule has 0 fully saturated rings. The van der Waals surface area contributed by atoms with Crippen molar-refractivity contribution in [2.45, 2.75) is 0 Å². The molecule has 1 aromatic heterocycles. The van der Waals surface area contributed by atoms with Gasteiger partial charge >= 0.3 is 5.97 Å². The van der Waals surface area contributed by atoms with Crippen LogP contribution in [0, 0.1) is 0 Å². The molecule has 0 unspecified atom stereocenters. The van der Waals surface area contributed by atoms with Crippen LogP contribution in [0.2, 0.25) is 5.02 Å². The minimum atomic E-state index is -1.16. The van der Waals surface area contributed by atoms with E-state index in [0.29, 0.717) is 4.88 Å². The number of aromatic carboxylic acids is 1. The van der Waals surface area contributed by atoms with Crippen LogP contribution in [0.4, 0.5) is 5.69 Å². The van der Waals surface area contributed by atoms with Gasteiger partial charge in [-0.15, -0.1) is 11.3 Å². The number of carboxylic acids is 1.